The maximum atomic E-state index is 11.7. The second-order valence-electron chi connectivity index (χ2n) is 8.88. The number of imide groups is 1. The average Bonchev–Trinajstić information content (AvgIpc) is 3.19. The number of hydrogen-bond acceptors (Lipinski definition) is 7. The van der Waals surface area contributed by atoms with Gasteiger partial charge in [-0.05, 0) is 55.4 Å². The van der Waals surface area contributed by atoms with Gasteiger partial charge in [-0.15, -0.1) is 0 Å². The summed E-state index contributed by atoms with van der Waals surface area (Å²) in [5.74, 6) is 0.975. The van der Waals surface area contributed by atoms with E-state index in [2.05, 4.69) is 41.8 Å². The number of amides is 2. The Morgan fingerprint density at radius 3 is 2.49 bits per heavy atom. The van der Waals surface area contributed by atoms with Crippen LogP contribution in [0, 0.1) is 0 Å². The molecule has 8 heteroatoms. The summed E-state index contributed by atoms with van der Waals surface area (Å²) in [4.78, 5) is 23.0. The summed E-state index contributed by atoms with van der Waals surface area (Å²) in [7, 11) is 0. The Labute approximate surface area is 212 Å². The molecule has 4 atom stereocenters. The second kappa shape index (κ2) is 14.2. The van der Waals surface area contributed by atoms with Gasteiger partial charge >= 0.3 is 0 Å². The van der Waals surface area contributed by atoms with Crippen molar-refractivity contribution >= 4 is 22.9 Å². The van der Waals surface area contributed by atoms with Crippen LogP contribution in [0.2, 0.25) is 0 Å². The van der Waals surface area contributed by atoms with Gasteiger partial charge in [-0.2, -0.15) is 0 Å². The Hall–Kier alpha value is -2.39. The Bertz CT molecular complexity index is 925. The lowest BCUT2D eigenvalue weighted by atomic mass is 9.94. The van der Waals surface area contributed by atoms with Crippen LogP contribution in [0.1, 0.15) is 43.7 Å². The van der Waals surface area contributed by atoms with Gasteiger partial charge in [0.25, 0.3) is 5.24 Å². The van der Waals surface area contributed by atoms with Gasteiger partial charge in [0.05, 0.1) is 18.0 Å². The lowest BCUT2D eigenvalue weighted by molar-refractivity contribution is -0.118. The summed E-state index contributed by atoms with van der Waals surface area (Å²) in [6, 6.07) is 18.1. The number of carbonyl (C=O) groups is 2. The molecule has 0 bridgehead atoms. The van der Waals surface area contributed by atoms with Crippen LogP contribution >= 0.6 is 11.8 Å². The van der Waals surface area contributed by atoms with Crippen molar-refractivity contribution in [2.24, 2.45) is 0 Å². The standard InChI is InChI=1S/C27H36N2O5S/c1-3-21(22-7-5-4-6-8-22)13-14-33-18-23(30)16-28-19(2)17-34-24-11-9-20(10-12-24)15-25-26(31)29-27(32)35-25/h4-12,19,21,23,25,28,30H,3,13-18H2,1-2H3,(H,29,31,32). The lowest BCUT2D eigenvalue weighted by Crippen LogP contribution is -2.39. The third-order valence-electron chi connectivity index (χ3n) is 6.00. The van der Waals surface area contributed by atoms with E-state index in [0.29, 0.717) is 38.7 Å². The van der Waals surface area contributed by atoms with E-state index < -0.39 is 6.10 Å². The molecule has 3 rings (SSSR count). The van der Waals surface area contributed by atoms with Crippen LogP contribution in [0.3, 0.4) is 0 Å². The number of hydrogen-bond donors (Lipinski definition) is 3. The summed E-state index contributed by atoms with van der Waals surface area (Å²) >= 11 is 1.03. The highest BCUT2D eigenvalue weighted by Crippen LogP contribution is 2.24. The number of aliphatic hydroxyl groups is 1. The van der Waals surface area contributed by atoms with Crippen LogP contribution in [0.4, 0.5) is 4.79 Å². The fraction of sp³-hybridized carbons (Fsp3) is 0.481. The Balaban J connectivity index is 1.27. The van der Waals surface area contributed by atoms with Gasteiger partial charge in [-0.3, -0.25) is 14.9 Å². The lowest BCUT2D eigenvalue weighted by Gasteiger charge is -2.19. The minimum Gasteiger partial charge on any atom is -0.492 e. The number of carbonyl (C=O) groups excluding carboxylic acids is 2. The minimum absolute atomic E-state index is 0.0523. The SMILES string of the molecule is CCC(CCOCC(O)CNC(C)COc1ccc(CC2SC(=O)NC2=O)cc1)c1ccccc1. The van der Waals surface area contributed by atoms with Gasteiger partial charge < -0.3 is 19.9 Å². The molecule has 7 nitrogen and oxygen atoms in total. The van der Waals surface area contributed by atoms with Crippen LogP contribution in [-0.2, 0) is 16.0 Å². The summed E-state index contributed by atoms with van der Waals surface area (Å²) in [6.07, 6.45) is 1.93. The van der Waals surface area contributed by atoms with E-state index in [1.54, 1.807) is 0 Å². The number of benzene rings is 2. The topological polar surface area (TPSA) is 96.9 Å². The molecule has 2 aromatic carbocycles. The summed E-state index contributed by atoms with van der Waals surface area (Å²) in [5, 5.41) is 15.2. The predicted octanol–water partition coefficient (Wildman–Crippen LogP) is 3.90. The highest BCUT2D eigenvalue weighted by Gasteiger charge is 2.31. The molecule has 3 N–H and O–H groups in total. The average molecular weight is 501 g/mol. The van der Waals surface area contributed by atoms with E-state index in [4.69, 9.17) is 9.47 Å². The smallest absolute Gasteiger partial charge is 0.286 e. The molecule has 1 heterocycles. The Morgan fingerprint density at radius 1 is 1.09 bits per heavy atom. The van der Waals surface area contributed by atoms with E-state index in [1.807, 2.05) is 37.3 Å². The van der Waals surface area contributed by atoms with Crippen LogP contribution in [0.5, 0.6) is 5.75 Å². The summed E-state index contributed by atoms with van der Waals surface area (Å²) in [5.41, 5.74) is 2.31. The van der Waals surface area contributed by atoms with E-state index in [-0.39, 0.29) is 22.4 Å². The molecule has 1 saturated heterocycles. The molecule has 0 radical (unpaired) electrons. The zero-order chi connectivity index (χ0) is 25.0. The summed E-state index contributed by atoms with van der Waals surface area (Å²) in [6.45, 7) is 6.00. The van der Waals surface area contributed by atoms with E-state index >= 15 is 0 Å². The van der Waals surface area contributed by atoms with Crippen molar-refractivity contribution in [3.05, 3.63) is 65.7 Å². The number of thioether (sulfide) groups is 1. The van der Waals surface area contributed by atoms with E-state index in [0.717, 1.165) is 35.9 Å². The molecular formula is C27H36N2O5S. The molecular weight excluding hydrogens is 464 g/mol. The van der Waals surface area contributed by atoms with Crippen LogP contribution in [0.25, 0.3) is 0 Å². The zero-order valence-corrected chi connectivity index (χ0v) is 21.3. The molecule has 35 heavy (non-hydrogen) atoms. The van der Waals surface area contributed by atoms with E-state index in [1.165, 1.54) is 5.56 Å². The minimum atomic E-state index is -0.578. The predicted molar refractivity (Wildman–Crippen MR) is 139 cm³/mol. The van der Waals surface area contributed by atoms with Crippen molar-refractivity contribution in [2.75, 3.05) is 26.4 Å². The van der Waals surface area contributed by atoms with Gasteiger partial charge in [-0.1, -0.05) is 61.2 Å². The molecule has 0 aliphatic carbocycles. The molecule has 0 saturated carbocycles. The fourth-order valence-corrected chi connectivity index (χ4v) is 4.78. The van der Waals surface area contributed by atoms with Gasteiger partial charge in [0.15, 0.2) is 0 Å². The number of rotatable bonds is 15. The molecule has 4 unspecified atom stereocenters. The maximum absolute atomic E-state index is 11.7. The fourth-order valence-electron chi connectivity index (χ4n) is 3.92. The second-order valence-corrected chi connectivity index (χ2v) is 10.1. The van der Waals surface area contributed by atoms with Crippen molar-refractivity contribution < 1.29 is 24.2 Å². The van der Waals surface area contributed by atoms with Crippen molar-refractivity contribution in [3.8, 4) is 5.75 Å². The Kier molecular flexibility index (Phi) is 11.1. The highest BCUT2D eigenvalue weighted by molar-refractivity contribution is 8.15. The molecule has 1 aliphatic rings. The number of ether oxygens (including phenoxy) is 2. The van der Waals surface area contributed by atoms with Gasteiger partial charge in [0.2, 0.25) is 5.91 Å². The van der Waals surface area contributed by atoms with Crippen molar-refractivity contribution in [1.29, 1.82) is 0 Å². The summed E-state index contributed by atoms with van der Waals surface area (Å²) < 4.78 is 11.5. The monoisotopic (exact) mass is 500 g/mol. The molecule has 0 spiro atoms. The van der Waals surface area contributed by atoms with Crippen molar-refractivity contribution in [3.63, 3.8) is 0 Å². The first-order valence-corrected chi connectivity index (χ1v) is 13.1. The molecule has 190 valence electrons. The van der Waals surface area contributed by atoms with Crippen LogP contribution < -0.4 is 15.4 Å². The van der Waals surface area contributed by atoms with Crippen molar-refractivity contribution in [1.82, 2.24) is 10.6 Å². The van der Waals surface area contributed by atoms with Crippen LogP contribution in [0.15, 0.2) is 54.6 Å². The van der Waals surface area contributed by atoms with Gasteiger partial charge in [0.1, 0.15) is 12.4 Å². The zero-order valence-electron chi connectivity index (χ0n) is 20.4. The first kappa shape index (κ1) is 27.2. The Morgan fingerprint density at radius 2 is 1.83 bits per heavy atom. The third-order valence-corrected chi connectivity index (χ3v) is 6.98. The van der Waals surface area contributed by atoms with Crippen molar-refractivity contribution in [2.45, 2.75) is 56.4 Å². The molecule has 0 aromatic heterocycles. The molecule has 1 fully saturated rings. The first-order valence-electron chi connectivity index (χ1n) is 12.2. The van der Waals surface area contributed by atoms with Gasteiger partial charge in [-0.25, -0.2) is 0 Å². The normalized spacial score (nSPS) is 18.2. The molecule has 2 aromatic rings. The molecule has 1 aliphatic heterocycles. The van der Waals surface area contributed by atoms with E-state index in [9.17, 15) is 14.7 Å². The highest BCUT2D eigenvalue weighted by atomic mass is 32.2. The first-order chi connectivity index (χ1) is 16.9. The van der Waals surface area contributed by atoms with Gasteiger partial charge in [0, 0.05) is 19.2 Å². The third kappa shape index (κ3) is 9.29. The van der Waals surface area contributed by atoms with Crippen LogP contribution in [-0.4, -0.2) is 60.0 Å². The number of aliphatic hydroxyl groups excluding tert-OH is 1. The maximum Gasteiger partial charge on any atom is 0.286 e. The molecule has 2 amide bonds. The number of nitrogens with one attached hydrogen (secondary N) is 2. The largest absolute Gasteiger partial charge is 0.492 e. The quantitative estimate of drug-likeness (QED) is 0.319.